The van der Waals surface area contributed by atoms with E-state index in [1.54, 1.807) is 53.4 Å². The summed E-state index contributed by atoms with van der Waals surface area (Å²) < 4.78 is 0. The molecule has 2 rings (SSSR count). The lowest BCUT2D eigenvalue weighted by Gasteiger charge is -2.23. The number of ketones is 2. The van der Waals surface area contributed by atoms with Crippen molar-refractivity contribution in [1.29, 1.82) is 0 Å². The molecule has 0 aliphatic rings. The molecule has 0 spiro atoms. The number of benzene rings is 2. The molecule has 0 unspecified atom stereocenters. The van der Waals surface area contributed by atoms with Gasteiger partial charge in [-0.05, 0) is 48.5 Å². The van der Waals surface area contributed by atoms with Crippen LogP contribution in [0.25, 0.3) is 0 Å². The molecule has 1 amide bonds. The van der Waals surface area contributed by atoms with Crippen LogP contribution in [-0.2, 0) is 4.79 Å². The van der Waals surface area contributed by atoms with Gasteiger partial charge in [0, 0.05) is 40.3 Å². The van der Waals surface area contributed by atoms with Gasteiger partial charge < -0.3 is 0 Å². The second kappa shape index (κ2) is 7.70. The lowest BCUT2D eigenvalue weighted by Crippen LogP contribution is -2.24. The maximum atomic E-state index is 12.4. The van der Waals surface area contributed by atoms with Crippen LogP contribution in [0.5, 0.6) is 0 Å². The summed E-state index contributed by atoms with van der Waals surface area (Å²) in [5.41, 5.74) is 1.66. The number of hydrogen-bond acceptors (Lipinski definition) is 3. The Kier molecular flexibility index (Phi) is 5.93. The van der Waals surface area contributed by atoms with Gasteiger partial charge >= 0.3 is 0 Å². The van der Waals surface area contributed by atoms with Crippen LogP contribution in [0.4, 0.5) is 11.4 Å². The van der Waals surface area contributed by atoms with E-state index in [2.05, 4.69) is 0 Å². The molecule has 28 heavy (non-hydrogen) atoms. The monoisotopic (exact) mass is 379 g/mol. The lowest BCUT2D eigenvalue weighted by molar-refractivity contribution is -0.115. The van der Waals surface area contributed by atoms with Crippen molar-refractivity contribution in [3.8, 4) is 0 Å². The van der Waals surface area contributed by atoms with Gasteiger partial charge in [-0.3, -0.25) is 19.3 Å². The van der Waals surface area contributed by atoms with Gasteiger partial charge in [-0.1, -0.05) is 41.5 Å². The zero-order chi connectivity index (χ0) is 21.3. The van der Waals surface area contributed by atoms with Crippen LogP contribution in [0, 0.1) is 10.8 Å². The van der Waals surface area contributed by atoms with Crippen molar-refractivity contribution in [2.45, 2.75) is 48.5 Å². The molecule has 0 aliphatic heterocycles. The summed E-state index contributed by atoms with van der Waals surface area (Å²) >= 11 is 0. The van der Waals surface area contributed by atoms with Crippen molar-refractivity contribution in [2.75, 3.05) is 4.90 Å². The summed E-state index contributed by atoms with van der Waals surface area (Å²) in [5.74, 6) is -0.0401. The van der Waals surface area contributed by atoms with E-state index in [9.17, 15) is 14.4 Å². The Morgan fingerprint density at radius 2 is 0.893 bits per heavy atom. The molecule has 0 atom stereocenters. The first-order valence-corrected chi connectivity index (χ1v) is 9.43. The van der Waals surface area contributed by atoms with Crippen LogP contribution >= 0.6 is 0 Å². The molecule has 0 aliphatic carbocycles. The Bertz CT molecular complexity index is 810. The second-order valence-electron chi connectivity index (χ2n) is 9.11. The first-order chi connectivity index (χ1) is 12.8. The SMILES string of the molecule is CC(=O)N(c1ccc(C(=O)C(C)(C)C)cc1)c1ccc(C(=O)C(C)(C)C)cc1. The smallest absolute Gasteiger partial charge is 0.228 e. The van der Waals surface area contributed by atoms with E-state index in [-0.39, 0.29) is 17.5 Å². The fourth-order valence-electron chi connectivity index (χ4n) is 2.90. The van der Waals surface area contributed by atoms with Gasteiger partial charge in [-0.25, -0.2) is 0 Å². The Morgan fingerprint density at radius 1 is 0.607 bits per heavy atom. The highest BCUT2D eigenvalue weighted by atomic mass is 16.2. The summed E-state index contributed by atoms with van der Waals surface area (Å²) in [7, 11) is 0. The minimum Gasteiger partial charge on any atom is -0.294 e. The molecule has 2 aromatic rings. The van der Waals surface area contributed by atoms with E-state index >= 15 is 0 Å². The molecule has 0 bridgehead atoms. The number of nitrogens with zero attached hydrogens (tertiary/aromatic N) is 1. The average Bonchev–Trinajstić information content (AvgIpc) is 2.60. The number of anilines is 2. The third kappa shape index (κ3) is 4.75. The number of hydrogen-bond donors (Lipinski definition) is 0. The molecule has 0 saturated heterocycles. The van der Waals surface area contributed by atoms with Gasteiger partial charge in [0.15, 0.2) is 11.6 Å². The topological polar surface area (TPSA) is 54.5 Å². The summed E-state index contributed by atoms with van der Waals surface area (Å²) in [6.45, 7) is 12.8. The molecule has 4 nitrogen and oxygen atoms in total. The first-order valence-electron chi connectivity index (χ1n) is 9.43. The fraction of sp³-hybridized carbons (Fsp3) is 0.375. The second-order valence-corrected chi connectivity index (χ2v) is 9.11. The van der Waals surface area contributed by atoms with E-state index in [0.717, 1.165) is 0 Å². The molecule has 2 aromatic carbocycles. The lowest BCUT2D eigenvalue weighted by atomic mass is 9.86. The molecule has 4 heteroatoms. The van der Waals surface area contributed by atoms with Crippen LogP contribution in [-0.4, -0.2) is 17.5 Å². The Labute approximate surface area is 167 Å². The van der Waals surface area contributed by atoms with Gasteiger partial charge in [0.05, 0.1) is 0 Å². The Balaban J connectivity index is 2.35. The van der Waals surface area contributed by atoms with Crippen LogP contribution in [0.1, 0.15) is 69.2 Å². The van der Waals surface area contributed by atoms with Crippen molar-refractivity contribution in [1.82, 2.24) is 0 Å². The average molecular weight is 380 g/mol. The van der Waals surface area contributed by atoms with Crippen molar-refractivity contribution in [3.05, 3.63) is 59.7 Å². The van der Waals surface area contributed by atoms with Crippen molar-refractivity contribution in [2.24, 2.45) is 10.8 Å². The van der Waals surface area contributed by atoms with Crippen molar-refractivity contribution in [3.63, 3.8) is 0 Å². The van der Waals surface area contributed by atoms with E-state index in [0.29, 0.717) is 22.5 Å². The normalized spacial score (nSPS) is 11.8. The third-order valence-electron chi connectivity index (χ3n) is 4.45. The summed E-state index contributed by atoms with van der Waals surface area (Å²) in [4.78, 5) is 38.7. The van der Waals surface area contributed by atoms with Crippen molar-refractivity contribution < 1.29 is 14.4 Å². The minimum atomic E-state index is -0.461. The van der Waals surface area contributed by atoms with Gasteiger partial charge in [0.25, 0.3) is 0 Å². The predicted molar refractivity (Wildman–Crippen MR) is 113 cm³/mol. The molecular weight excluding hydrogens is 350 g/mol. The highest BCUT2D eigenvalue weighted by molar-refractivity contribution is 6.03. The standard InChI is InChI=1S/C24H29NO3/c1-16(26)25(19-12-8-17(9-13-19)21(27)23(2,3)4)20-14-10-18(11-15-20)22(28)24(5,6)7/h8-15H,1-7H3. The van der Waals surface area contributed by atoms with Gasteiger partial charge in [-0.15, -0.1) is 0 Å². The zero-order valence-electron chi connectivity index (χ0n) is 17.8. The molecular formula is C24H29NO3. The van der Waals surface area contributed by atoms with Crippen LogP contribution in [0.2, 0.25) is 0 Å². The third-order valence-corrected chi connectivity index (χ3v) is 4.45. The maximum Gasteiger partial charge on any atom is 0.228 e. The summed E-state index contributed by atoms with van der Waals surface area (Å²) in [6, 6.07) is 14.1. The van der Waals surface area contributed by atoms with Gasteiger partial charge in [-0.2, -0.15) is 0 Å². The predicted octanol–water partition coefficient (Wildman–Crippen LogP) is 5.83. The largest absolute Gasteiger partial charge is 0.294 e. The van der Waals surface area contributed by atoms with Crippen LogP contribution < -0.4 is 4.90 Å². The van der Waals surface area contributed by atoms with Crippen LogP contribution in [0.3, 0.4) is 0 Å². The number of carbonyl (C=O) groups excluding carboxylic acids is 3. The molecule has 0 heterocycles. The molecule has 0 saturated carbocycles. The highest BCUT2D eigenvalue weighted by Gasteiger charge is 2.24. The number of Topliss-reactive ketones (excluding diaryl/α,β-unsaturated/α-hetero) is 2. The number of carbonyl (C=O) groups is 3. The quantitative estimate of drug-likeness (QED) is 0.628. The van der Waals surface area contributed by atoms with Gasteiger partial charge in [0.2, 0.25) is 5.91 Å². The van der Waals surface area contributed by atoms with Crippen molar-refractivity contribution >= 4 is 28.8 Å². The first kappa shape index (κ1) is 21.5. The van der Waals surface area contributed by atoms with Gasteiger partial charge in [0.1, 0.15) is 0 Å². The van der Waals surface area contributed by atoms with E-state index in [1.165, 1.54) is 6.92 Å². The minimum absolute atomic E-state index is 0.0541. The maximum absolute atomic E-state index is 12.4. The molecule has 148 valence electrons. The zero-order valence-corrected chi connectivity index (χ0v) is 17.8. The molecule has 0 radical (unpaired) electrons. The summed E-state index contributed by atoms with van der Waals surface area (Å²) in [6.07, 6.45) is 0. The van der Waals surface area contributed by atoms with Crippen LogP contribution in [0.15, 0.2) is 48.5 Å². The summed E-state index contributed by atoms with van der Waals surface area (Å²) in [5, 5.41) is 0. The highest BCUT2D eigenvalue weighted by Crippen LogP contribution is 2.29. The van der Waals surface area contributed by atoms with E-state index < -0.39 is 10.8 Å². The molecule has 0 fully saturated rings. The Morgan fingerprint density at radius 3 is 1.11 bits per heavy atom. The molecule has 0 aromatic heterocycles. The molecule has 0 N–H and O–H groups in total. The number of amides is 1. The number of rotatable bonds is 4. The van der Waals surface area contributed by atoms with E-state index in [4.69, 9.17) is 0 Å². The fourth-order valence-corrected chi connectivity index (χ4v) is 2.90. The Hall–Kier alpha value is -2.75. The van der Waals surface area contributed by atoms with E-state index in [1.807, 2.05) is 41.5 Å².